The molecule has 2 rings (SSSR count). The summed E-state index contributed by atoms with van der Waals surface area (Å²) in [5.74, 6) is -0.879. The molecule has 1 aromatic carbocycles. The molecule has 23 heavy (non-hydrogen) atoms. The summed E-state index contributed by atoms with van der Waals surface area (Å²) in [6.45, 7) is 4.36. The maximum absolute atomic E-state index is 12.5. The molecule has 7 heteroatoms. The van der Waals surface area contributed by atoms with Gasteiger partial charge in [0.15, 0.2) is 11.5 Å². The lowest BCUT2D eigenvalue weighted by Gasteiger charge is -2.19. The minimum atomic E-state index is -0.878. The third kappa shape index (κ3) is 3.88. The predicted octanol–water partition coefficient (Wildman–Crippen LogP) is 2.68. The Kier molecular flexibility index (Phi) is 5.36. The number of benzene rings is 1. The standard InChI is InChI=1S/C16H20ClNO5/c1-9(2)23-14-12(17)6-11(7-13(14)22-3)15(19)18-5-4-10(8-18)16(20)21/h6-7,9-10H,4-5,8H2,1-3H3,(H,20,21)/t10-/m0/s1. The molecular weight excluding hydrogens is 322 g/mol. The maximum atomic E-state index is 12.5. The third-order valence-electron chi connectivity index (χ3n) is 3.65. The second-order valence-corrected chi connectivity index (χ2v) is 6.14. The van der Waals surface area contributed by atoms with Gasteiger partial charge in [0.25, 0.3) is 5.91 Å². The Morgan fingerprint density at radius 2 is 2.09 bits per heavy atom. The highest BCUT2D eigenvalue weighted by atomic mass is 35.5. The topological polar surface area (TPSA) is 76.1 Å². The van der Waals surface area contributed by atoms with E-state index in [-0.39, 0.29) is 23.6 Å². The van der Waals surface area contributed by atoms with E-state index in [0.717, 1.165) is 0 Å². The fraction of sp³-hybridized carbons (Fsp3) is 0.500. The molecule has 1 saturated heterocycles. The average molecular weight is 342 g/mol. The van der Waals surface area contributed by atoms with Crippen molar-refractivity contribution in [3.63, 3.8) is 0 Å². The summed E-state index contributed by atoms with van der Waals surface area (Å²) in [6, 6.07) is 3.10. The van der Waals surface area contributed by atoms with Crippen LogP contribution < -0.4 is 9.47 Å². The molecule has 126 valence electrons. The zero-order chi connectivity index (χ0) is 17.1. The lowest BCUT2D eigenvalue weighted by atomic mass is 10.1. The van der Waals surface area contributed by atoms with Crippen LogP contribution in [-0.2, 0) is 4.79 Å². The molecule has 0 aliphatic carbocycles. The number of amides is 1. The van der Waals surface area contributed by atoms with Gasteiger partial charge in [0.2, 0.25) is 0 Å². The Morgan fingerprint density at radius 3 is 2.61 bits per heavy atom. The number of carboxylic acid groups (broad SMARTS) is 1. The highest BCUT2D eigenvalue weighted by Crippen LogP contribution is 2.37. The minimum absolute atomic E-state index is 0.0853. The smallest absolute Gasteiger partial charge is 0.308 e. The SMILES string of the molecule is COc1cc(C(=O)N2CC[C@H](C(=O)O)C2)cc(Cl)c1OC(C)C. The Labute approximate surface area is 139 Å². The number of aliphatic carboxylic acids is 1. The molecule has 0 unspecified atom stereocenters. The second-order valence-electron chi connectivity index (χ2n) is 5.73. The molecule has 1 atom stereocenters. The molecule has 0 spiro atoms. The minimum Gasteiger partial charge on any atom is -0.493 e. The Bertz CT molecular complexity index is 617. The summed E-state index contributed by atoms with van der Waals surface area (Å²) in [4.78, 5) is 25.1. The molecule has 0 aromatic heterocycles. The van der Waals surface area contributed by atoms with E-state index in [1.807, 2.05) is 13.8 Å². The number of carbonyl (C=O) groups is 2. The first kappa shape index (κ1) is 17.4. The van der Waals surface area contributed by atoms with Crippen LogP contribution in [-0.4, -0.2) is 48.2 Å². The van der Waals surface area contributed by atoms with Crippen LogP contribution in [0.3, 0.4) is 0 Å². The first-order chi connectivity index (χ1) is 10.8. The summed E-state index contributed by atoms with van der Waals surface area (Å²) in [6.07, 6.45) is 0.373. The van der Waals surface area contributed by atoms with E-state index < -0.39 is 11.9 Å². The van der Waals surface area contributed by atoms with Gasteiger partial charge in [-0.2, -0.15) is 0 Å². The number of rotatable bonds is 5. The van der Waals surface area contributed by atoms with Crippen molar-refractivity contribution in [1.29, 1.82) is 0 Å². The summed E-state index contributed by atoms with van der Waals surface area (Å²) < 4.78 is 10.9. The molecule has 6 nitrogen and oxygen atoms in total. The van der Waals surface area contributed by atoms with Crippen LogP contribution in [0, 0.1) is 5.92 Å². The first-order valence-corrected chi connectivity index (χ1v) is 7.77. The largest absolute Gasteiger partial charge is 0.493 e. The molecule has 1 fully saturated rings. The molecule has 0 bridgehead atoms. The van der Waals surface area contributed by atoms with Gasteiger partial charge in [-0.3, -0.25) is 9.59 Å². The first-order valence-electron chi connectivity index (χ1n) is 7.39. The van der Waals surface area contributed by atoms with E-state index in [2.05, 4.69) is 0 Å². The summed E-state index contributed by atoms with van der Waals surface area (Å²) >= 11 is 6.22. The van der Waals surface area contributed by atoms with E-state index in [4.69, 9.17) is 26.2 Å². The van der Waals surface area contributed by atoms with Gasteiger partial charge in [0, 0.05) is 18.7 Å². The number of nitrogens with zero attached hydrogens (tertiary/aromatic N) is 1. The highest BCUT2D eigenvalue weighted by Gasteiger charge is 2.32. The van der Waals surface area contributed by atoms with E-state index in [9.17, 15) is 9.59 Å². The number of halogens is 1. The van der Waals surface area contributed by atoms with Gasteiger partial charge >= 0.3 is 5.97 Å². The Hall–Kier alpha value is -1.95. The van der Waals surface area contributed by atoms with Gasteiger partial charge in [-0.15, -0.1) is 0 Å². The van der Waals surface area contributed by atoms with Crippen molar-refractivity contribution in [2.75, 3.05) is 20.2 Å². The van der Waals surface area contributed by atoms with Gasteiger partial charge < -0.3 is 19.5 Å². The summed E-state index contributed by atoms with van der Waals surface area (Å²) in [7, 11) is 1.48. The highest BCUT2D eigenvalue weighted by molar-refractivity contribution is 6.32. The van der Waals surface area contributed by atoms with Gasteiger partial charge in [-0.25, -0.2) is 0 Å². The van der Waals surface area contributed by atoms with Crippen molar-refractivity contribution in [2.45, 2.75) is 26.4 Å². The van der Waals surface area contributed by atoms with E-state index in [1.54, 1.807) is 6.07 Å². The average Bonchev–Trinajstić information content (AvgIpc) is 2.98. The fourth-order valence-corrected chi connectivity index (χ4v) is 2.78. The number of ether oxygens (including phenoxy) is 2. The molecule has 0 radical (unpaired) electrons. The monoisotopic (exact) mass is 341 g/mol. The van der Waals surface area contributed by atoms with Gasteiger partial charge in [-0.1, -0.05) is 11.6 Å². The van der Waals surface area contributed by atoms with Crippen LogP contribution >= 0.6 is 11.6 Å². The number of hydrogen-bond donors (Lipinski definition) is 1. The predicted molar refractivity (Wildman–Crippen MR) is 85.4 cm³/mol. The van der Waals surface area contributed by atoms with E-state index >= 15 is 0 Å². The molecule has 1 aliphatic rings. The van der Waals surface area contributed by atoms with E-state index in [1.165, 1.54) is 18.1 Å². The number of hydrogen-bond acceptors (Lipinski definition) is 4. The molecular formula is C16H20ClNO5. The van der Waals surface area contributed by atoms with Gasteiger partial charge in [0.05, 0.1) is 24.2 Å². The van der Waals surface area contributed by atoms with Crippen LogP contribution in [0.5, 0.6) is 11.5 Å². The second kappa shape index (κ2) is 7.08. The molecule has 1 aliphatic heterocycles. The molecule has 0 saturated carbocycles. The fourth-order valence-electron chi connectivity index (χ4n) is 2.52. The number of carboxylic acids is 1. The van der Waals surface area contributed by atoms with Crippen LogP contribution in [0.15, 0.2) is 12.1 Å². The van der Waals surface area contributed by atoms with Crippen LogP contribution in [0.2, 0.25) is 5.02 Å². The Morgan fingerprint density at radius 1 is 1.39 bits per heavy atom. The van der Waals surface area contributed by atoms with Crippen molar-refractivity contribution in [1.82, 2.24) is 4.90 Å². The Balaban J connectivity index is 2.25. The van der Waals surface area contributed by atoms with Crippen LogP contribution in [0.25, 0.3) is 0 Å². The van der Waals surface area contributed by atoms with Crippen molar-refractivity contribution in [3.8, 4) is 11.5 Å². The lowest BCUT2D eigenvalue weighted by Crippen LogP contribution is -2.30. The summed E-state index contributed by atoms with van der Waals surface area (Å²) in [5.41, 5.74) is 0.356. The molecule has 1 aromatic rings. The normalized spacial score (nSPS) is 17.4. The van der Waals surface area contributed by atoms with Gasteiger partial charge in [-0.05, 0) is 32.4 Å². The maximum Gasteiger partial charge on any atom is 0.308 e. The zero-order valence-corrected chi connectivity index (χ0v) is 14.1. The third-order valence-corrected chi connectivity index (χ3v) is 3.94. The van der Waals surface area contributed by atoms with Crippen molar-refractivity contribution >= 4 is 23.5 Å². The number of likely N-dealkylation sites (tertiary alicyclic amines) is 1. The molecule has 1 heterocycles. The van der Waals surface area contributed by atoms with Crippen molar-refractivity contribution in [2.24, 2.45) is 5.92 Å². The van der Waals surface area contributed by atoms with Crippen molar-refractivity contribution < 1.29 is 24.2 Å². The van der Waals surface area contributed by atoms with E-state index in [0.29, 0.717) is 30.0 Å². The molecule has 1 amide bonds. The number of methoxy groups -OCH3 is 1. The summed E-state index contributed by atoms with van der Waals surface area (Å²) in [5, 5.41) is 9.32. The lowest BCUT2D eigenvalue weighted by molar-refractivity contribution is -0.141. The van der Waals surface area contributed by atoms with Crippen LogP contribution in [0.4, 0.5) is 0 Å². The van der Waals surface area contributed by atoms with Gasteiger partial charge in [0.1, 0.15) is 0 Å². The van der Waals surface area contributed by atoms with Crippen molar-refractivity contribution in [3.05, 3.63) is 22.7 Å². The quantitative estimate of drug-likeness (QED) is 0.891. The number of carbonyl (C=O) groups excluding carboxylic acids is 1. The molecule has 1 N–H and O–H groups in total. The zero-order valence-electron chi connectivity index (χ0n) is 13.3. The van der Waals surface area contributed by atoms with Crippen LogP contribution in [0.1, 0.15) is 30.6 Å².